The van der Waals surface area contributed by atoms with Gasteiger partial charge in [0.15, 0.2) is 11.5 Å². The second-order valence-corrected chi connectivity index (χ2v) is 6.17. The topological polar surface area (TPSA) is 61.7 Å². The number of methoxy groups -OCH3 is 2. The summed E-state index contributed by atoms with van der Waals surface area (Å²) in [5.74, 6) is 1.51. The van der Waals surface area contributed by atoms with Crippen molar-refractivity contribution in [1.82, 2.24) is 4.90 Å². The van der Waals surface area contributed by atoms with Crippen LogP contribution in [0.25, 0.3) is 0 Å². The molecule has 1 saturated heterocycles. The van der Waals surface area contributed by atoms with Crippen molar-refractivity contribution in [2.75, 3.05) is 66.8 Å². The Kier molecular flexibility index (Phi) is 10.3. The Labute approximate surface area is 167 Å². The number of halogens is 1. The lowest BCUT2D eigenvalue weighted by atomic mass is 10.1. The molecule has 154 valence electrons. The van der Waals surface area contributed by atoms with Gasteiger partial charge in [-0.3, -0.25) is 4.79 Å². The SMILES string of the molecule is CC[NH+](CC)CCOc1c(OC)cc(C(=O)N2CCOCC2)cc1OC.[Cl-]. The number of amides is 1. The molecule has 1 heterocycles. The summed E-state index contributed by atoms with van der Waals surface area (Å²) in [5.41, 5.74) is 0.530. The number of quaternary nitrogens is 1. The number of nitrogens with zero attached hydrogens (tertiary/aromatic N) is 1. The summed E-state index contributed by atoms with van der Waals surface area (Å²) in [6.07, 6.45) is 0. The first-order valence-corrected chi connectivity index (χ1v) is 9.23. The number of hydrogen-bond acceptors (Lipinski definition) is 5. The molecular formula is C19H31ClN2O5. The minimum Gasteiger partial charge on any atom is -1.00 e. The Hall–Kier alpha value is -1.70. The summed E-state index contributed by atoms with van der Waals surface area (Å²) in [4.78, 5) is 16.0. The van der Waals surface area contributed by atoms with Crippen molar-refractivity contribution in [2.45, 2.75) is 13.8 Å². The van der Waals surface area contributed by atoms with Crippen LogP contribution in [0.5, 0.6) is 17.2 Å². The molecule has 0 aliphatic carbocycles. The third-order valence-electron chi connectivity index (χ3n) is 4.71. The van der Waals surface area contributed by atoms with Gasteiger partial charge in [-0.05, 0) is 26.0 Å². The Morgan fingerprint density at radius 2 is 1.67 bits per heavy atom. The van der Waals surface area contributed by atoms with Crippen LogP contribution in [0.15, 0.2) is 12.1 Å². The summed E-state index contributed by atoms with van der Waals surface area (Å²) >= 11 is 0. The number of carbonyl (C=O) groups excluding carboxylic acids is 1. The van der Waals surface area contributed by atoms with E-state index >= 15 is 0 Å². The van der Waals surface area contributed by atoms with Crippen LogP contribution in [0.1, 0.15) is 24.2 Å². The van der Waals surface area contributed by atoms with Crippen molar-refractivity contribution in [1.29, 1.82) is 0 Å². The van der Waals surface area contributed by atoms with Gasteiger partial charge in [-0.2, -0.15) is 0 Å². The van der Waals surface area contributed by atoms with E-state index in [9.17, 15) is 4.79 Å². The Bertz CT molecular complexity index is 564. The van der Waals surface area contributed by atoms with Crippen LogP contribution < -0.4 is 31.5 Å². The molecule has 1 aliphatic rings. The quantitative estimate of drug-likeness (QED) is 0.494. The highest BCUT2D eigenvalue weighted by molar-refractivity contribution is 5.95. The van der Waals surface area contributed by atoms with Crippen LogP contribution >= 0.6 is 0 Å². The third kappa shape index (κ3) is 6.16. The maximum atomic E-state index is 12.7. The number of rotatable bonds is 9. The molecule has 27 heavy (non-hydrogen) atoms. The smallest absolute Gasteiger partial charge is 0.254 e. The summed E-state index contributed by atoms with van der Waals surface area (Å²) in [7, 11) is 3.14. The van der Waals surface area contributed by atoms with Crippen molar-refractivity contribution < 1.29 is 41.0 Å². The zero-order chi connectivity index (χ0) is 18.9. The fourth-order valence-electron chi connectivity index (χ4n) is 3.00. The molecule has 0 aromatic heterocycles. The highest BCUT2D eigenvalue weighted by Crippen LogP contribution is 2.38. The van der Waals surface area contributed by atoms with Gasteiger partial charge in [0.2, 0.25) is 5.75 Å². The van der Waals surface area contributed by atoms with Gasteiger partial charge in [0.1, 0.15) is 13.2 Å². The largest absolute Gasteiger partial charge is 1.00 e. The molecule has 1 fully saturated rings. The van der Waals surface area contributed by atoms with Crippen LogP contribution in [0.4, 0.5) is 0 Å². The zero-order valence-electron chi connectivity index (χ0n) is 16.7. The Morgan fingerprint density at radius 1 is 1.11 bits per heavy atom. The average Bonchev–Trinajstić information content (AvgIpc) is 2.70. The number of ether oxygens (including phenoxy) is 4. The van der Waals surface area contributed by atoms with Gasteiger partial charge in [0.25, 0.3) is 5.91 Å². The van der Waals surface area contributed by atoms with E-state index < -0.39 is 0 Å². The third-order valence-corrected chi connectivity index (χ3v) is 4.71. The van der Waals surface area contributed by atoms with E-state index in [4.69, 9.17) is 18.9 Å². The van der Waals surface area contributed by atoms with Crippen molar-refractivity contribution in [2.24, 2.45) is 0 Å². The monoisotopic (exact) mass is 402 g/mol. The van der Waals surface area contributed by atoms with E-state index in [1.165, 1.54) is 4.90 Å². The number of hydrogen-bond donors (Lipinski definition) is 1. The zero-order valence-corrected chi connectivity index (χ0v) is 17.4. The molecule has 1 aromatic carbocycles. The number of likely N-dealkylation sites (N-methyl/N-ethyl adjacent to an activating group) is 1. The van der Waals surface area contributed by atoms with Gasteiger partial charge in [-0.15, -0.1) is 0 Å². The second-order valence-electron chi connectivity index (χ2n) is 6.17. The van der Waals surface area contributed by atoms with Gasteiger partial charge in [0.05, 0.1) is 40.5 Å². The minimum atomic E-state index is -0.0518. The number of morpholine rings is 1. The summed E-state index contributed by atoms with van der Waals surface area (Å²) < 4.78 is 22.2. The van der Waals surface area contributed by atoms with Gasteiger partial charge in [-0.25, -0.2) is 0 Å². The number of nitrogens with one attached hydrogen (secondary N) is 1. The lowest BCUT2D eigenvalue weighted by Gasteiger charge is -2.27. The van der Waals surface area contributed by atoms with Crippen LogP contribution in [0.3, 0.4) is 0 Å². The number of benzene rings is 1. The summed E-state index contributed by atoms with van der Waals surface area (Å²) in [6.45, 7) is 10.2. The van der Waals surface area contributed by atoms with Crippen LogP contribution in [-0.2, 0) is 4.74 Å². The van der Waals surface area contributed by atoms with Gasteiger partial charge < -0.3 is 41.2 Å². The molecule has 2 rings (SSSR count). The summed E-state index contributed by atoms with van der Waals surface area (Å²) in [5, 5.41) is 0. The molecule has 0 radical (unpaired) electrons. The van der Waals surface area contributed by atoms with Crippen LogP contribution in [0, 0.1) is 0 Å². The second kappa shape index (κ2) is 11.9. The molecule has 0 spiro atoms. The molecule has 0 atom stereocenters. The van der Waals surface area contributed by atoms with E-state index in [1.807, 2.05) is 0 Å². The number of carbonyl (C=O) groups is 1. The standard InChI is InChI=1S/C19H30N2O5.ClH/c1-5-20(6-2)7-12-26-18-16(23-3)13-15(14-17(18)24-4)19(22)21-8-10-25-11-9-21;/h13-14H,5-12H2,1-4H3;1H. The van der Waals surface area contributed by atoms with E-state index in [1.54, 1.807) is 31.3 Å². The highest BCUT2D eigenvalue weighted by Gasteiger charge is 2.23. The molecule has 1 aromatic rings. The fourth-order valence-corrected chi connectivity index (χ4v) is 3.00. The van der Waals surface area contributed by atoms with Crippen molar-refractivity contribution in [3.8, 4) is 17.2 Å². The molecular weight excluding hydrogens is 372 g/mol. The molecule has 1 aliphatic heterocycles. The first-order chi connectivity index (χ1) is 12.6. The van der Waals surface area contributed by atoms with Crippen molar-refractivity contribution >= 4 is 5.91 Å². The molecule has 8 heteroatoms. The molecule has 0 bridgehead atoms. The fraction of sp³-hybridized carbons (Fsp3) is 0.632. The van der Waals surface area contributed by atoms with E-state index in [0.29, 0.717) is 55.7 Å². The van der Waals surface area contributed by atoms with Crippen molar-refractivity contribution in [3.05, 3.63) is 17.7 Å². The predicted molar refractivity (Wildman–Crippen MR) is 98.7 cm³/mol. The van der Waals surface area contributed by atoms with E-state index in [0.717, 1.165) is 19.6 Å². The first kappa shape index (κ1) is 23.3. The average molecular weight is 403 g/mol. The highest BCUT2D eigenvalue weighted by atomic mass is 35.5. The Balaban J connectivity index is 0.00000364. The van der Waals surface area contributed by atoms with Crippen LogP contribution in [-0.4, -0.2) is 77.6 Å². The van der Waals surface area contributed by atoms with Gasteiger partial charge >= 0.3 is 0 Å². The van der Waals surface area contributed by atoms with Crippen LogP contribution in [0.2, 0.25) is 0 Å². The summed E-state index contributed by atoms with van der Waals surface area (Å²) in [6, 6.07) is 3.44. The normalized spacial score (nSPS) is 13.9. The lowest BCUT2D eigenvalue weighted by Crippen LogP contribution is -3.12. The maximum absolute atomic E-state index is 12.7. The lowest BCUT2D eigenvalue weighted by molar-refractivity contribution is -0.896. The van der Waals surface area contributed by atoms with Gasteiger partial charge in [0, 0.05) is 18.7 Å². The molecule has 1 N–H and O–H groups in total. The minimum absolute atomic E-state index is 0. The molecule has 1 amide bonds. The molecule has 0 saturated carbocycles. The first-order valence-electron chi connectivity index (χ1n) is 9.23. The molecule has 7 nitrogen and oxygen atoms in total. The Morgan fingerprint density at radius 3 is 2.15 bits per heavy atom. The molecule has 0 unspecified atom stereocenters. The van der Waals surface area contributed by atoms with E-state index in [2.05, 4.69) is 13.8 Å². The maximum Gasteiger partial charge on any atom is 0.254 e. The van der Waals surface area contributed by atoms with Crippen molar-refractivity contribution in [3.63, 3.8) is 0 Å². The van der Waals surface area contributed by atoms with E-state index in [-0.39, 0.29) is 18.3 Å². The predicted octanol–water partition coefficient (Wildman–Crippen LogP) is -2.52. The van der Waals surface area contributed by atoms with Gasteiger partial charge in [-0.1, -0.05) is 0 Å².